The lowest BCUT2D eigenvalue weighted by Crippen LogP contribution is -2.35. The van der Waals surface area contributed by atoms with Gasteiger partial charge in [-0.15, -0.1) is 0 Å². The highest BCUT2D eigenvalue weighted by Gasteiger charge is 2.38. The molecule has 1 fully saturated rings. The summed E-state index contributed by atoms with van der Waals surface area (Å²) in [6.45, 7) is 2.29. The maximum Gasteiger partial charge on any atom is 0.340 e. The van der Waals surface area contributed by atoms with Crippen LogP contribution in [0.25, 0.3) is 0 Å². The fourth-order valence-electron chi connectivity index (χ4n) is 1.93. The Balaban J connectivity index is 2.30. The molecule has 0 aromatic carbocycles. The third-order valence-electron chi connectivity index (χ3n) is 2.67. The average molecular weight is 198 g/mol. The lowest BCUT2D eigenvalue weighted by atomic mass is 9.87. The highest BCUT2D eigenvalue weighted by Crippen LogP contribution is 2.27. The first kappa shape index (κ1) is 9.42. The normalized spacial score (nSPS) is 26.9. The Morgan fingerprint density at radius 3 is 3.00 bits per heavy atom. The van der Waals surface area contributed by atoms with E-state index >= 15 is 0 Å². The van der Waals surface area contributed by atoms with Crippen molar-refractivity contribution in [2.75, 3.05) is 26.8 Å². The zero-order valence-corrected chi connectivity index (χ0v) is 8.09. The van der Waals surface area contributed by atoms with Gasteiger partial charge in [-0.2, -0.15) is 5.10 Å². The second-order valence-electron chi connectivity index (χ2n) is 3.67. The molecule has 0 amide bonds. The molecule has 1 aliphatic heterocycles. The summed E-state index contributed by atoms with van der Waals surface area (Å²) in [6.07, 6.45) is 0.932. The number of ether oxygens (including phenoxy) is 1. The van der Waals surface area contributed by atoms with Crippen molar-refractivity contribution in [3.8, 4) is 0 Å². The molecule has 14 heavy (non-hydrogen) atoms. The number of nitrogens with zero attached hydrogens (tertiary/aromatic N) is 1. The summed E-state index contributed by atoms with van der Waals surface area (Å²) in [5.74, 6) is 0.689. The molecule has 1 aliphatic rings. The summed E-state index contributed by atoms with van der Waals surface area (Å²) in [5.41, 5.74) is -0.434. The van der Waals surface area contributed by atoms with E-state index in [4.69, 9.17) is 4.74 Å². The van der Waals surface area contributed by atoms with Crippen molar-refractivity contribution in [2.45, 2.75) is 11.8 Å². The van der Waals surface area contributed by atoms with Crippen LogP contribution in [-0.2, 0) is 10.2 Å². The molecular weight excluding hydrogens is 184 g/mol. The predicted octanol–water partition coefficient (Wildman–Crippen LogP) is -1.02. The van der Waals surface area contributed by atoms with E-state index in [9.17, 15) is 4.79 Å². The van der Waals surface area contributed by atoms with E-state index in [1.165, 1.54) is 0 Å². The second kappa shape index (κ2) is 3.55. The van der Waals surface area contributed by atoms with E-state index in [0.717, 1.165) is 19.5 Å². The summed E-state index contributed by atoms with van der Waals surface area (Å²) in [5, 5.41) is 9.61. The van der Waals surface area contributed by atoms with Crippen molar-refractivity contribution in [1.29, 1.82) is 0 Å². The van der Waals surface area contributed by atoms with Crippen molar-refractivity contribution in [1.82, 2.24) is 20.5 Å². The molecule has 1 saturated heterocycles. The van der Waals surface area contributed by atoms with Crippen LogP contribution in [0.1, 0.15) is 12.2 Å². The molecule has 0 bridgehead atoms. The lowest BCUT2D eigenvalue weighted by molar-refractivity contribution is 0.134. The Kier molecular flexibility index (Phi) is 2.39. The average Bonchev–Trinajstić information content (AvgIpc) is 2.75. The molecule has 0 saturated carbocycles. The van der Waals surface area contributed by atoms with Gasteiger partial charge in [0.05, 0.1) is 12.0 Å². The lowest BCUT2D eigenvalue weighted by Gasteiger charge is -2.23. The van der Waals surface area contributed by atoms with Gasteiger partial charge in [0, 0.05) is 13.7 Å². The molecule has 1 unspecified atom stereocenters. The van der Waals surface area contributed by atoms with Gasteiger partial charge in [0.2, 0.25) is 0 Å². The Bertz CT molecular complexity index is 350. The zero-order valence-electron chi connectivity index (χ0n) is 8.09. The molecule has 0 spiro atoms. The molecule has 6 heteroatoms. The highest BCUT2D eigenvalue weighted by atomic mass is 16.5. The first-order valence-electron chi connectivity index (χ1n) is 4.62. The van der Waals surface area contributed by atoms with E-state index < -0.39 is 0 Å². The molecule has 6 nitrogen and oxygen atoms in total. The van der Waals surface area contributed by atoms with Gasteiger partial charge < -0.3 is 10.1 Å². The first-order valence-corrected chi connectivity index (χ1v) is 4.62. The summed E-state index contributed by atoms with van der Waals surface area (Å²) >= 11 is 0. The largest absolute Gasteiger partial charge is 0.384 e. The molecule has 0 radical (unpaired) electrons. The molecule has 1 aromatic rings. The van der Waals surface area contributed by atoms with Gasteiger partial charge in [0.25, 0.3) is 0 Å². The molecule has 3 N–H and O–H groups in total. The fourth-order valence-corrected chi connectivity index (χ4v) is 1.93. The van der Waals surface area contributed by atoms with E-state index in [0.29, 0.717) is 12.4 Å². The Hall–Kier alpha value is -1.14. The van der Waals surface area contributed by atoms with Crippen molar-refractivity contribution in [2.24, 2.45) is 0 Å². The third kappa shape index (κ3) is 1.46. The van der Waals surface area contributed by atoms with Crippen LogP contribution in [0, 0.1) is 0 Å². The SMILES string of the molecule is COCC1(c2n[nH]c(=O)[nH]2)CCNC1. The van der Waals surface area contributed by atoms with E-state index in [2.05, 4.69) is 20.5 Å². The highest BCUT2D eigenvalue weighted by molar-refractivity contribution is 5.11. The van der Waals surface area contributed by atoms with Crippen LogP contribution in [-0.4, -0.2) is 42.0 Å². The minimum absolute atomic E-state index is 0.173. The van der Waals surface area contributed by atoms with Crippen molar-refractivity contribution < 1.29 is 4.74 Å². The van der Waals surface area contributed by atoms with Crippen LogP contribution in [0.3, 0.4) is 0 Å². The first-order chi connectivity index (χ1) is 6.77. The van der Waals surface area contributed by atoms with Gasteiger partial charge in [-0.05, 0) is 13.0 Å². The number of nitrogens with one attached hydrogen (secondary N) is 3. The van der Waals surface area contributed by atoms with Crippen LogP contribution < -0.4 is 11.0 Å². The molecular formula is C8H14N4O2. The second-order valence-corrected chi connectivity index (χ2v) is 3.67. The fraction of sp³-hybridized carbons (Fsp3) is 0.750. The Morgan fingerprint density at radius 2 is 2.50 bits per heavy atom. The molecule has 1 atom stereocenters. The molecule has 2 rings (SSSR count). The van der Waals surface area contributed by atoms with Crippen LogP contribution in [0.5, 0.6) is 0 Å². The number of rotatable bonds is 3. The van der Waals surface area contributed by atoms with Crippen LogP contribution in [0.4, 0.5) is 0 Å². The van der Waals surface area contributed by atoms with Crippen molar-refractivity contribution >= 4 is 0 Å². The van der Waals surface area contributed by atoms with Gasteiger partial charge >= 0.3 is 5.69 Å². The summed E-state index contributed by atoms with van der Waals surface area (Å²) in [4.78, 5) is 13.7. The molecule has 0 aliphatic carbocycles. The number of hydrogen-bond donors (Lipinski definition) is 3. The van der Waals surface area contributed by atoms with E-state index in [-0.39, 0.29) is 11.1 Å². The summed E-state index contributed by atoms with van der Waals surface area (Å²) in [7, 11) is 1.66. The minimum Gasteiger partial charge on any atom is -0.384 e. The van der Waals surface area contributed by atoms with Crippen LogP contribution in [0.2, 0.25) is 0 Å². The van der Waals surface area contributed by atoms with E-state index in [1.54, 1.807) is 7.11 Å². The number of methoxy groups -OCH3 is 1. The smallest absolute Gasteiger partial charge is 0.340 e. The van der Waals surface area contributed by atoms with Crippen molar-refractivity contribution in [3.05, 3.63) is 16.3 Å². The third-order valence-corrected chi connectivity index (χ3v) is 2.67. The standard InChI is InChI=1S/C8H14N4O2/c1-14-5-8(2-3-9-4-8)6-10-7(13)12-11-6/h9H,2-5H2,1H3,(H2,10,11,12,13). The van der Waals surface area contributed by atoms with Gasteiger partial charge in [-0.25, -0.2) is 9.89 Å². The number of aromatic amines is 2. The van der Waals surface area contributed by atoms with Gasteiger partial charge in [-0.1, -0.05) is 0 Å². The minimum atomic E-state index is -0.262. The van der Waals surface area contributed by atoms with Gasteiger partial charge in [-0.3, -0.25) is 4.98 Å². The topological polar surface area (TPSA) is 82.8 Å². The molecule has 78 valence electrons. The van der Waals surface area contributed by atoms with Gasteiger partial charge in [0.1, 0.15) is 5.82 Å². The zero-order chi connectivity index (χ0) is 10.0. The molecule has 1 aromatic heterocycles. The monoisotopic (exact) mass is 198 g/mol. The number of hydrogen-bond acceptors (Lipinski definition) is 4. The predicted molar refractivity (Wildman–Crippen MR) is 50.2 cm³/mol. The van der Waals surface area contributed by atoms with Crippen LogP contribution >= 0.6 is 0 Å². The maximum absolute atomic E-state index is 11.0. The van der Waals surface area contributed by atoms with Crippen molar-refractivity contribution in [3.63, 3.8) is 0 Å². The van der Waals surface area contributed by atoms with Gasteiger partial charge in [0.15, 0.2) is 0 Å². The quantitative estimate of drug-likeness (QED) is 0.580. The summed E-state index contributed by atoms with van der Waals surface area (Å²) < 4.78 is 5.18. The maximum atomic E-state index is 11.0. The Morgan fingerprint density at radius 1 is 1.64 bits per heavy atom. The van der Waals surface area contributed by atoms with E-state index in [1.807, 2.05) is 0 Å². The number of aromatic nitrogens is 3. The van der Waals surface area contributed by atoms with Crippen LogP contribution in [0.15, 0.2) is 4.79 Å². The number of H-pyrrole nitrogens is 2. The molecule has 2 heterocycles. The Labute approximate surface area is 81.1 Å². The summed E-state index contributed by atoms with van der Waals surface area (Å²) in [6, 6.07) is 0.